The number of urea groups is 1. The Balaban J connectivity index is 1.45. The Labute approximate surface area is 219 Å². The van der Waals surface area contributed by atoms with Crippen LogP contribution in [0.5, 0.6) is 0 Å². The minimum atomic E-state index is -0.657. The number of hydrogen-bond donors (Lipinski definition) is 1. The average Bonchev–Trinajstić information content (AvgIpc) is 3.56. The number of hydrogen-bond acceptors (Lipinski definition) is 7. The van der Waals surface area contributed by atoms with Crippen LogP contribution in [0.3, 0.4) is 0 Å². The number of likely N-dealkylation sites (N-methyl/N-ethyl adjacent to an activating group) is 1. The lowest BCUT2D eigenvalue weighted by Crippen LogP contribution is -2.56. The first kappa shape index (κ1) is 27.1. The van der Waals surface area contributed by atoms with Crippen LogP contribution >= 0.6 is 0 Å². The Morgan fingerprint density at radius 2 is 2.11 bits per heavy atom. The van der Waals surface area contributed by atoms with E-state index in [1.807, 2.05) is 52.1 Å². The van der Waals surface area contributed by atoms with Gasteiger partial charge in [-0.2, -0.15) is 0 Å². The van der Waals surface area contributed by atoms with Crippen molar-refractivity contribution in [2.45, 2.75) is 72.1 Å². The smallest absolute Gasteiger partial charge is 0.412 e. The molecule has 37 heavy (non-hydrogen) atoms. The highest BCUT2D eigenvalue weighted by molar-refractivity contribution is 5.74. The van der Waals surface area contributed by atoms with Gasteiger partial charge in [-0.15, -0.1) is 5.06 Å². The van der Waals surface area contributed by atoms with E-state index in [0.717, 1.165) is 16.7 Å². The summed E-state index contributed by atoms with van der Waals surface area (Å²) in [5.41, 5.74) is 2.35. The molecule has 3 heterocycles. The van der Waals surface area contributed by atoms with E-state index in [-0.39, 0.29) is 11.9 Å². The van der Waals surface area contributed by atoms with Gasteiger partial charge in [-0.05, 0) is 57.2 Å². The van der Waals surface area contributed by atoms with Crippen molar-refractivity contribution in [3.8, 4) is 0 Å². The molecule has 10 heteroatoms. The number of nitrogens with one attached hydrogen (secondary N) is 1. The van der Waals surface area contributed by atoms with Crippen LogP contribution in [0, 0.1) is 5.92 Å². The summed E-state index contributed by atoms with van der Waals surface area (Å²) < 4.78 is 11.6. The van der Waals surface area contributed by atoms with E-state index in [1.165, 1.54) is 0 Å². The lowest BCUT2D eigenvalue weighted by molar-refractivity contribution is -0.147. The van der Waals surface area contributed by atoms with Crippen molar-refractivity contribution >= 4 is 12.1 Å². The molecule has 10 nitrogen and oxygen atoms in total. The highest BCUT2D eigenvalue weighted by Gasteiger charge is 2.66. The standard InChI is InChI=1S/C27H39N5O5/c1-18(2)16-31(24(34)30(7)14-11-20-9-8-13-28-15-20)25-32-27(37-32)12-10-22(19(3)21(27)17-35-25)29-23(33)36-26(4,5)6/h8-10,13,15,18,25H,11-12,14,16-17H2,1-7H3,(H,29,33). The predicted octanol–water partition coefficient (Wildman–Crippen LogP) is 4.02. The van der Waals surface area contributed by atoms with Gasteiger partial charge in [-0.1, -0.05) is 26.0 Å². The minimum absolute atomic E-state index is 0.115. The largest absolute Gasteiger partial charge is 0.444 e. The number of carbonyl (C=O) groups excluding carboxylic acids is 2. The summed E-state index contributed by atoms with van der Waals surface area (Å²) in [5, 5.41) is 4.62. The van der Waals surface area contributed by atoms with E-state index < -0.39 is 23.8 Å². The van der Waals surface area contributed by atoms with Gasteiger partial charge in [0.15, 0.2) is 5.72 Å². The van der Waals surface area contributed by atoms with Crippen LogP contribution in [0.15, 0.2) is 47.4 Å². The maximum Gasteiger partial charge on any atom is 0.412 e. The number of aromatic nitrogens is 1. The third kappa shape index (κ3) is 5.97. The third-order valence-corrected chi connectivity index (χ3v) is 6.56. The molecular weight excluding hydrogens is 474 g/mol. The highest BCUT2D eigenvalue weighted by Crippen LogP contribution is 2.53. The zero-order chi connectivity index (χ0) is 27.0. The van der Waals surface area contributed by atoms with Crippen LogP contribution < -0.4 is 5.32 Å². The molecule has 2 aliphatic heterocycles. The molecule has 2 fully saturated rings. The summed E-state index contributed by atoms with van der Waals surface area (Å²) in [6.45, 7) is 12.9. The summed E-state index contributed by atoms with van der Waals surface area (Å²) >= 11 is 0. The van der Waals surface area contributed by atoms with E-state index in [0.29, 0.717) is 38.2 Å². The van der Waals surface area contributed by atoms with Crippen LogP contribution in [0.4, 0.5) is 9.59 Å². The van der Waals surface area contributed by atoms with Crippen molar-refractivity contribution in [3.05, 3.63) is 53.0 Å². The maximum absolute atomic E-state index is 13.6. The van der Waals surface area contributed by atoms with Gasteiger partial charge in [0.2, 0.25) is 6.35 Å². The van der Waals surface area contributed by atoms with Gasteiger partial charge in [-0.3, -0.25) is 20.0 Å². The van der Waals surface area contributed by atoms with Crippen molar-refractivity contribution in [2.24, 2.45) is 5.92 Å². The molecule has 3 unspecified atom stereocenters. The van der Waals surface area contributed by atoms with Crippen molar-refractivity contribution in [1.82, 2.24) is 25.2 Å². The first-order chi connectivity index (χ1) is 17.4. The fraction of sp³-hybridized carbons (Fsp3) is 0.593. The molecule has 1 N–H and O–H groups in total. The molecule has 3 amide bonds. The SMILES string of the molecule is CC1=C2COC(N(CC(C)C)C(=O)N(C)CCc3cccnc3)N3OC23CC=C1NC(=O)OC(C)(C)C. The molecule has 0 radical (unpaired) electrons. The Morgan fingerprint density at radius 1 is 1.35 bits per heavy atom. The highest BCUT2D eigenvalue weighted by atomic mass is 16.9. The van der Waals surface area contributed by atoms with Crippen LogP contribution in [0.1, 0.15) is 53.5 Å². The second-order valence-corrected chi connectivity index (χ2v) is 11.3. The second kappa shape index (κ2) is 10.4. The molecular formula is C27H39N5O5. The van der Waals surface area contributed by atoms with Gasteiger partial charge in [0.25, 0.3) is 0 Å². The number of carbonyl (C=O) groups is 2. The van der Waals surface area contributed by atoms with Crippen molar-refractivity contribution in [2.75, 3.05) is 26.7 Å². The molecule has 4 rings (SSSR count). The molecule has 3 atom stereocenters. The summed E-state index contributed by atoms with van der Waals surface area (Å²) in [7, 11) is 1.81. The Hall–Kier alpha value is -2.95. The van der Waals surface area contributed by atoms with E-state index >= 15 is 0 Å². The number of amides is 3. The van der Waals surface area contributed by atoms with Gasteiger partial charge in [-0.25, -0.2) is 9.59 Å². The average molecular weight is 514 g/mol. The second-order valence-electron chi connectivity index (χ2n) is 11.3. The topological polar surface area (TPSA) is 99.5 Å². The van der Waals surface area contributed by atoms with Gasteiger partial charge in [0.1, 0.15) is 5.60 Å². The molecule has 3 aliphatic rings. The van der Waals surface area contributed by atoms with Crippen molar-refractivity contribution in [1.29, 1.82) is 0 Å². The molecule has 0 saturated carbocycles. The molecule has 1 spiro atoms. The summed E-state index contributed by atoms with van der Waals surface area (Å²) in [4.78, 5) is 39.7. The van der Waals surface area contributed by atoms with Crippen LogP contribution in [-0.2, 0) is 20.7 Å². The number of rotatable bonds is 7. The zero-order valence-corrected chi connectivity index (χ0v) is 22.9. The molecule has 2 saturated heterocycles. The lowest BCUT2D eigenvalue weighted by atomic mass is 9.89. The van der Waals surface area contributed by atoms with Gasteiger partial charge in [0, 0.05) is 50.2 Å². The Morgan fingerprint density at radius 3 is 2.76 bits per heavy atom. The number of ether oxygens (including phenoxy) is 2. The number of hydroxylamine groups is 2. The first-order valence-corrected chi connectivity index (χ1v) is 12.8. The normalized spacial score (nSPS) is 24.6. The van der Waals surface area contributed by atoms with Crippen molar-refractivity contribution < 1.29 is 23.9 Å². The molecule has 202 valence electrons. The van der Waals surface area contributed by atoms with E-state index in [4.69, 9.17) is 14.3 Å². The van der Waals surface area contributed by atoms with Crippen LogP contribution in [-0.4, -0.2) is 76.4 Å². The van der Waals surface area contributed by atoms with Gasteiger partial charge < -0.3 is 14.4 Å². The summed E-state index contributed by atoms with van der Waals surface area (Å²) in [5.74, 6) is 0.240. The molecule has 0 bridgehead atoms. The number of alkyl carbamates (subject to hydrolysis) is 1. The van der Waals surface area contributed by atoms with Crippen molar-refractivity contribution in [3.63, 3.8) is 0 Å². The number of allylic oxidation sites excluding steroid dienone is 1. The van der Waals surface area contributed by atoms with Gasteiger partial charge >= 0.3 is 12.1 Å². The molecule has 1 aliphatic carbocycles. The van der Waals surface area contributed by atoms with Crippen LogP contribution in [0.2, 0.25) is 0 Å². The van der Waals surface area contributed by atoms with Crippen LogP contribution in [0.25, 0.3) is 0 Å². The summed E-state index contributed by atoms with van der Waals surface area (Å²) in [6, 6.07) is 3.79. The fourth-order valence-corrected chi connectivity index (χ4v) is 4.69. The molecule has 0 aromatic carbocycles. The number of pyridine rings is 1. The first-order valence-electron chi connectivity index (χ1n) is 12.8. The fourth-order valence-electron chi connectivity index (χ4n) is 4.69. The number of nitrogens with zero attached hydrogens (tertiary/aromatic N) is 4. The quantitative estimate of drug-likeness (QED) is 0.550. The third-order valence-electron chi connectivity index (χ3n) is 6.56. The van der Waals surface area contributed by atoms with Gasteiger partial charge in [0.05, 0.1) is 6.61 Å². The van der Waals surface area contributed by atoms with E-state index in [9.17, 15) is 9.59 Å². The van der Waals surface area contributed by atoms with E-state index in [2.05, 4.69) is 24.1 Å². The molecule has 1 aromatic heterocycles. The minimum Gasteiger partial charge on any atom is -0.444 e. The Kier molecular flexibility index (Phi) is 7.64. The zero-order valence-electron chi connectivity index (χ0n) is 22.9. The summed E-state index contributed by atoms with van der Waals surface area (Å²) in [6.07, 6.45) is 5.61. The lowest BCUT2D eigenvalue weighted by Gasteiger charge is -2.39. The molecule has 1 aromatic rings. The Bertz CT molecular complexity index is 1080. The maximum atomic E-state index is 13.6. The predicted molar refractivity (Wildman–Crippen MR) is 138 cm³/mol. The van der Waals surface area contributed by atoms with E-state index in [1.54, 1.807) is 28.1 Å². The monoisotopic (exact) mass is 513 g/mol.